The first kappa shape index (κ1) is 14.5. The first-order chi connectivity index (χ1) is 9.33. The zero-order valence-corrected chi connectivity index (χ0v) is 12.1. The van der Waals surface area contributed by atoms with Gasteiger partial charge in [-0.3, -0.25) is 0 Å². The quantitative estimate of drug-likeness (QED) is 0.896. The highest BCUT2D eigenvalue weighted by Gasteiger charge is 2.18. The maximum atomic E-state index is 9.26. The lowest BCUT2D eigenvalue weighted by Crippen LogP contribution is -2.28. The number of benzene rings is 1. The Bertz CT molecular complexity index is 555. The smallest absolute Gasteiger partial charge is 0.228 e. The molecule has 2 rings (SSSR count). The number of rotatable bonds is 4. The number of nitrogens with two attached hydrogens (primary N) is 1. The molecule has 0 fully saturated rings. The van der Waals surface area contributed by atoms with Gasteiger partial charge in [-0.25, -0.2) is 0 Å². The number of hydrogen-bond acceptors (Lipinski definition) is 5. The third-order valence-electron chi connectivity index (χ3n) is 2.90. The normalized spacial score (nSPS) is 13.4. The zero-order chi connectivity index (χ0) is 14.8. The minimum absolute atomic E-state index is 0.00289. The lowest BCUT2D eigenvalue weighted by Gasteiger charge is -2.21. The lowest BCUT2D eigenvalue weighted by molar-refractivity contribution is 0.313. The number of phenols is 1. The Hall–Kier alpha value is -1.88. The van der Waals surface area contributed by atoms with E-state index in [0.717, 1.165) is 12.0 Å². The fraction of sp³-hybridized carbons (Fsp3) is 0.467. The van der Waals surface area contributed by atoms with Crippen molar-refractivity contribution in [3.63, 3.8) is 0 Å². The van der Waals surface area contributed by atoms with Gasteiger partial charge in [0.05, 0.1) is 0 Å². The van der Waals surface area contributed by atoms with E-state index >= 15 is 0 Å². The maximum absolute atomic E-state index is 9.26. The second kappa shape index (κ2) is 5.63. The third-order valence-corrected chi connectivity index (χ3v) is 2.90. The van der Waals surface area contributed by atoms with Crippen molar-refractivity contribution in [3.05, 3.63) is 30.2 Å². The zero-order valence-electron chi connectivity index (χ0n) is 12.1. The van der Waals surface area contributed by atoms with Crippen LogP contribution in [-0.2, 0) is 6.42 Å². The van der Waals surface area contributed by atoms with Gasteiger partial charge in [-0.15, -0.1) is 0 Å². The van der Waals surface area contributed by atoms with Crippen molar-refractivity contribution in [2.24, 2.45) is 11.1 Å². The molecule has 1 unspecified atom stereocenters. The summed E-state index contributed by atoms with van der Waals surface area (Å²) in [4.78, 5) is 4.34. The summed E-state index contributed by atoms with van der Waals surface area (Å²) in [5.41, 5.74) is 7.09. The van der Waals surface area contributed by atoms with E-state index < -0.39 is 0 Å². The molecule has 0 aliphatic heterocycles. The predicted molar refractivity (Wildman–Crippen MR) is 77.2 cm³/mol. The van der Waals surface area contributed by atoms with Gasteiger partial charge in [0.15, 0.2) is 0 Å². The molecule has 0 aliphatic rings. The number of nitrogens with zero attached hydrogens (tertiary/aromatic N) is 2. The van der Waals surface area contributed by atoms with Crippen LogP contribution in [0.2, 0.25) is 0 Å². The molecule has 5 nitrogen and oxygen atoms in total. The van der Waals surface area contributed by atoms with Crippen LogP contribution in [0, 0.1) is 5.41 Å². The molecule has 1 heterocycles. The van der Waals surface area contributed by atoms with Crippen LogP contribution in [-0.4, -0.2) is 21.3 Å². The third kappa shape index (κ3) is 4.06. The predicted octanol–water partition coefficient (Wildman–Crippen LogP) is 2.75. The molecule has 0 spiro atoms. The van der Waals surface area contributed by atoms with Crippen LogP contribution < -0.4 is 5.73 Å². The van der Waals surface area contributed by atoms with Gasteiger partial charge in [-0.2, -0.15) is 4.98 Å². The van der Waals surface area contributed by atoms with E-state index in [-0.39, 0.29) is 17.2 Å². The van der Waals surface area contributed by atoms with Gasteiger partial charge in [0.2, 0.25) is 11.7 Å². The van der Waals surface area contributed by atoms with Gasteiger partial charge in [0, 0.05) is 18.0 Å². The molecular weight excluding hydrogens is 254 g/mol. The number of aromatic nitrogens is 2. The van der Waals surface area contributed by atoms with Gasteiger partial charge in [0.1, 0.15) is 5.75 Å². The van der Waals surface area contributed by atoms with E-state index in [1.54, 1.807) is 24.3 Å². The summed E-state index contributed by atoms with van der Waals surface area (Å²) in [5.74, 6) is 1.28. The molecule has 2 aromatic rings. The maximum Gasteiger partial charge on any atom is 0.228 e. The summed E-state index contributed by atoms with van der Waals surface area (Å²) in [7, 11) is 0. The SMILES string of the molecule is CC(C)(C)CC(N)Cc1nc(-c2ccc(O)cc2)no1. The van der Waals surface area contributed by atoms with Gasteiger partial charge >= 0.3 is 0 Å². The molecule has 1 atom stereocenters. The second-order valence-corrected chi connectivity index (χ2v) is 6.29. The number of phenolic OH excluding ortho intramolecular Hbond substituents is 1. The van der Waals surface area contributed by atoms with Crippen LogP contribution in [0.25, 0.3) is 11.4 Å². The van der Waals surface area contributed by atoms with Gasteiger partial charge in [-0.05, 0) is 36.1 Å². The Morgan fingerprint density at radius 2 is 1.90 bits per heavy atom. The fourth-order valence-electron chi connectivity index (χ4n) is 2.15. The van der Waals surface area contributed by atoms with Crippen molar-refractivity contribution in [1.82, 2.24) is 10.1 Å². The molecule has 0 aliphatic carbocycles. The molecule has 108 valence electrons. The van der Waals surface area contributed by atoms with E-state index in [4.69, 9.17) is 10.3 Å². The fourth-order valence-corrected chi connectivity index (χ4v) is 2.15. The molecular formula is C15H21N3O2. The van der Waals surface area contributed by atoms with Crippen molar-refractivity contribution >= 4 is 0 Å². The molecule has 5 heteroatoms. The molecule has 20 heavy (non-hydrogen) atoms. The Balaban J connectivity index is 2.04. The molecule has 1 aromatic heterocycles. The summed E-state index contributed by atoms with van der Waals surface area (Å²) < 4.78 is 5.23. The van der Waals surface area contributed by atoms with Crippen LogP contribution in [0.1, 0.15) is 33.1 Å². The summed E-state index contributed by atoms with van der Waals surface area (Å²) in [6.07, 6.45) is 1.46. The van der Waals surface area contributed by atoms with Gasteiger partial charge < -0.3 is 15.4 Å². The molecule has 1 aromatic carbocycles. The summed E-state index contributed by atoms with van der Waals surface area (Å²) in [6.45, 7) is 6.47. The van der Waals surface area contributed by atoms with Crippen molar-refractivity contribution in [2.75, 3.05) is 0 Å². The Morgan fingerprint density at radius 1 is 1.25 bits per heavy atom. The first-order valence-electron chi connectivity index (χ1n) is 6.71. The minimum Gasteiger partial charge on any atom is -0.508 e. The van der Waals surface area contributed by atoms with Crippen LogP contribution in [0.4, 0.5) is 0 Å². The second-order valence-electron chi connectivity index (χ2n) is 6.29. The van der Waals surface area contributed by atoms with Crippen LogP contribution in [0.5, 0.6) is 5.75 Å². The molecule has 0 saturated carbocycles. The van der Waals surface area contributed by atoms with E-state index in [0.29, 0.717) is 18.1 Å². The average molecular weight is 275 g/mol. The van der Waals surface area contributed by atoms with Crippen LogP contribution in [0.3, 0.4) is 0 Å². The molecule has 0 radical (unpaired) electrons. The number of aromatic hydroxyl groups is 1. The molecule has 3 N–H and O–H groups in total. The van der Waals surface area contributed by atoms with Crippen molar-refractivity contribution in [3.8, 4) is 17.1 Å². The average Bonchev–Trinajstić information content (AvgIpc) is 2.75. The highest BCUT2D eigenvalue weighted by molar-refractivity contribution is 5.55. The van der Waals surface area contributed by atoms with Crippen molar-refractivity contribution in [2.45, 2.75) is 39.7 Å². The van der Waals surface area contributed by atoms with Gasteiger partial charge in [0.25, 0.3) is 0 Å². The van der Waals surface area contributed by atoms with Crippen molar-refractivity contribution < 1.29 is 9.63 Å². The molecule has 0 amide bonds. The summed E-state index contributed by atoms with van der Waals surface area (Å²) in [5, 5.41) is 13.2. The molecule has 0 saturated heterocycles. The first-order valence-corrected chi connectivity index (χ1v) is 6.71. The van der Waals surface area contributed by atoms with E-state index in [9.17, 15) is 5.11 Å². The van der Waals surface area contributed by atoms with E-state index in [1.165, 1.54) is 0 Å². The Labute approximate surface area is 118 Å². The molecule has 0 bridgehead atoms. The van der Waals surface area contributed by atoms with E-state index in [1.807, 2.05) is 0 Å². The highest BCUT2D eigenvalue weighted by Crippen LogP contribution is 2.22. The largest absolute Gasteiger partial charge is 0.508 e. The summed E-state index contributed by atoms with van der Waals surface area (Å²) >= 11 is 0. The highest BCUT2D eigenvalue weighted by atomic mass is 16.5. The van der Waals surface area contributed by atoms with Crippen LogP contribution in [0.15, 0.2) is 28.8 Å². The Morgan fingerprint density at radius 3 is 2.50 bits per heavy atom. The number of hydrogen-bond donors (Lipinski definition) is 2. The summed E-state index contributed by atoms with van der Waals surface area (Å²) in [6, 6.07) is 6.69. The topological polar surface area (TPSA) is 85.2 Å². The minimum atomic E-state index is 0.00289. The van der Waals surface area contributed by atoms with Crippen LogP contribution >= 0.6 is 0 Å². The van der Waals surface area contributed by atoms with Gasteiger partial charge in [-0.1, -0.05) is 25.9 Å². The van der Waals surface area contributed by atoms with E-state index in [2.05, 4.69) is 30.9 Å². The van der Waals surface area contributed by atoms with Crippen molar-refractivity contribution in [1.29, 1.82) is 0 Å². The monoisotopic (exact) mass is 275 g/mol. The standard InChI is InChI=1S/C15H21N3O2/c1-15(2,3)9-11(16)8-13-17-14(18-20-13)10-4-6-12(19)7-5-10/h4-7,11,19H,8-9,16H2,1-3H3. The Kier molecular flexibility index (Phi) is 4.09. The lowest BCUT2D eigenvalue weighted by atomic mass is 9.87.